The van der Waals surface area contributed by atoms with Crippen LogP contribution in [0.4, 0.5) is 10.1 Å². The van der Waals surface area contributed by atoms with Gasteiger partial charge in [-0.25, -0.2) is 4.39 Å². The van der Waals surface area contributed by atoms with Gasteiger partial charge in [0.25, 0.3) is 0 Å². The van der Waals surface area contributed by atoms with Gasteiger partial charge in [-0.05, 0) is 44.0 Å². The third-order valence-corrected chi connectivity index (χ3v) is 4.28. The third-order valence-electron chi connectivity index (χ3n) is 4.28. The number of carbonyl (C=O) groups excluding carboxylic acids is 1. The van der Waals surface area contributed by atoms with E-state index in [0.29, 0.717) is 25.1 Å². The maximum atomic E-state index is 13.0. The van der Waals surface area contributed by atoms with Crippen molar-refractivity contribution >= 4 is 11.6 Å². The van der Waals surface area contributed by atoms with E-state index < -0.39 is 5.41 Å². The van der Waals surface area contributed by atoms with Crippen molar-refractivity contribution in [3.63, 3.8) is 0 Å². The van der Waals surface area contributed by atoms with E-state index in [1.807, 2.05) is 6.92 Å². The summed E-state index contributed by atoms with van der Waals surface area (Å²) in [6.45, 7) is 2.36. The van der Waals surface area contributed by atoms with Gasteiger partial charge >= 0.3 is 0 Å². The predicted octanol–water partition coefficient (Wildman–Crippen LogP) is 4.04. The molecule has 0 atom stereocenters. The second-order valence-corrected chi connectivity index (χ2v) is 5.63. The topological polar surface area (TPSA) is 44.1 Å². The van der Waals surface area contributed by atoms with Gasteiger partial charge in [0.2, 0.25) is 5.91 Å². The minimum absolute atomic E-state index is 0.138. The summed E-state index contributed by atoms with van der Waals surface area (Å²) in [5.41, 5.74) is -0.260. The van der Waals surface area contributed by atoms with Gasteiger partial charge in [-0.15, -0.1) is 0 Å². The number of amides is 1. The molecule has 0 radical (unpaired) electrons. The van der Waals surface area contributed by atoms with Crippen LogP contribution in [0.25, 0.3) is 0 Å². The lowest BCUT2D eigenvalue weighted by Crippen LogP contribution is -2.43. The number of nitrogens with zero attached hydrogens (tertiary/aromatic N) is 2. The summed E-state index contributed by atoms with van der Waals surface area (Å²) in [5.74, 6) is -0.465. The molecular weight excluding hydrogens is 267 g/mol. The molecule has 0 aliphatic heterocycles. The molecule has 112 valence electrons. The Kier molecular flexibility index (Phi) is 4.95. The SMILES string of the molecule is CCN(C(=O)C1(C#N)CCCCCC1)c1ccc(F)cc1. The molecule has 1 aliphatic rings. The van der Waals surface area contributed by atoms with Crippen molar-refractivity contribution in [2.75, 3.05) is 11.4 Å². The van der Waals surface area contributed by atoms with Crippen LogP contribution in [-0.2, 0) is 4.79 Å². The molecule has 1 aromatic carbocycles. The number of nitriles is 1. The first-order valence-corrected chi connectivity index (χ1v) is 7.62. The molecule has 4 heteroatoms. The first kappa shape index (κ1) is 15.5. The standard InChI is InChI=1S/C17H21FN2O/c1-2-20(15-9-7-14(18)8-10-15)16(21)17(13-19)11-5-3-4-6-12-17/h7-10H,2-6,11-12H2,1H3. The highest BCUT2D eigenvalue weighted by Crippen LogP contribution is 2.37. The van der Waals surface area contributed by atoms with E-state index in [-0.39, 0.29) is 11.7 Å². The molecule has 1 amide bonds. The Labute approximate surface area is 125 Å². The van der Waals surface area contributed by atoms with Crippen molar-refractivity contribution < 1.29 is 9.18 Å². The highest BCUT2D eigenvalue weighted by molar-refractivity contribution is 5.99. The monoisotopic (exact) mass is 288 g/mol. The average Bonchev–Trinajstić information content (AvgIpc) is 2.76. The number of anilines is 1. The summed E-state index contributed by atoms with van der Waals surface area (Å²) in [4.78, 5) is 14.5. The Morgan fingerprint density at radius 3 is 2.29 bits per heavy atom. The molecule has 1 fully saturated rings. The lowest BCUT2D eigenvalue weighted by Gasteiger charge is -2.31. The molecule has 3 nitrogen and oxygen atoms in total. The Morgan fingerprint density at radius 2 is 1.81 bits per heavy atom. The van der Waals surface area contributed by atoms with Crippen LogP contribution in [-0.4, -0.2) is 12.5 Å². The van der Waals surface area contributed by atoms with Gasteiger partial charge in [-0.3, -0.25) is 4.79 Å². The smallest absolute Gasteiger partial charge is 0.247 e. The lowest BCUT2D eigenvalue weighted by atomic mass is 9.80. The van der Waals surface area contributed by atoms with E-state index in [2.05, 4.69) is 6.07 Å². The van der Waals surface area contributed by atoms with E-state index in [0.717, 1.165) is 25.7 Å². The molecule has 0 spiro atoms. The van der Waals surface area contributed by atoms with Crippen LogP contribution in [0.1, 0.15) is 45.4 Å². The van der Waals surface area contributed by atoms with Gasteiger partial charge in [0, 0.05) is 12.2 Å². The molecule has 0 heterocycles. The Balaban J connectivity index is 2.29. The van der Waals surface area contributed by atoms with Crippen molar-refractivity contribution in [2.24, 2.45) is 5.41 Å². The fourth-order valence-electron chi connectivity index (χ4n) is 3.03. The van der Waals surface area contributed by atoms with E-state index in [4.69, 9.17) is 0 Å². The molecule has 1 saturated carbocycles. The fraction of sp³-hybridized carbons (Fsp3) is 0.529. The summed E-state index contributed by atoms with van der Waals surface area (Å²) in [7, 11) is 0. The minimum Gasteiger partial charge on any atom is -0.311 e. The van der Waals surface area contributed by atoms with Crippen LogP contribution in [0.15, 0.2) is 24.3 Å². The normalized spacial score (nSPS) is 17.6. The fourth-order valence-corrected chi connectivity index (χ4v) is 3.03. The average molecular weight is 288 g/mol. The summed E-state index contributed by atoms with van der Waals surface area (Å²) in [6, 6.07) is 8.17. The van der Waals surface area contributed by atoms with Crippen LogP contribution < -0.4 is 4.90 Å². The van der Waals surface area contributed by atoms with Crippen LogP contribution in [0.3, 0.4) is 0 Å². The molecule has 21 heavy (non-hydrogen) atoms. The van der Waals surface area contributed by atoms with E-state index >= 15 is 0 Å². The third kappa shape index (κ3) is 3.24. The van der Waals surface area contributed by atoms with Crippen molar-refractivity contribution in [3.8, 4) is 6.07 Å². The summed E-state index contributed by atoms with van der Waals surface area (Å²) in [5, 5.41) is 9.61. The zero-order valence-electron chi connectivity index (χ0n) is 12.4. The first-order chi connectivity index (χ1) is 10.1. The molecule has 0 bridgehead atoms. The second-order valence-electron chi connectivity index (χ2n) is 5.63. The summed E-state index contributed by atoms with van der Waals surface area (Å²) < 4.78 is 13.0. The Morgan fingerprint density at radius 1 is 1.24 bits per heavy atom. The molecule has 2 rings (SSSR count). The molecule has 1 aliphatic carbocycles. The van der Waals surface area contributed by atoms with Gasteiger partial charge < -0.3 is 4.90 Å². The van der Waals surface area contributed by atoms with Crippen LogP contribution >= 0.6 is 0 Å². The maximum absolute atomic E-state index is 13.0. The van der Waals surface area contributed by atoms with Gasteiger partial charge in [-0.2, -0.15) is 5.26 Å². The van der Waals surface area contributed by atoms with Crippen LogP contribution in [0, 0.1) is 22.6 Å². The van der Waals surface area contributed by atoms with E-state index in [1.165, 1.54) is 12.1 Å². The van der Waals surface area contributed by atoms with Gasteiger partial charge in [0.15, 0.2) is 0 Å². The Bertz CT molecular complexity index is 525. The van der Waals surface area contributed by atoms with Gasteiger partial charge in [-0.1, -0.05) is 25.7 Å². The zero-order chi connectivity index (χ0) is 15.3. The Hall–Kier alpha value is -1.89. The lowest BCUT2D eigenvalue weighted by molar-refractivity contribution is -0.126. The first-order valence-electron chi connectivity index (χ1n) is 7.62. The molecule has 0 unspecified atom stereocenters. The van der Waals surface area contributed by atoms with Crippen LogP contribution in [0.5, 0.6) is 0 Å². The molecule has 0 N–H and O–H groups in total. The van der Waals surface area contributed by atoms with Gasteiger partial charge in [0.1, 0.15) is 11.2 Å². The second kappa shape index (κ2) is 6.71. The maximum Gasteiger partial charge on any atom is 0.247 e. The molecule has 0 aromatic heterocycles. The minimum atomic E-state index is -0.916. The number of rotatable bonds is 3. The molecular formula is C17H21FN2O. The quantitative estimate of drug-likeness (QED) is 0.788. The summed E-state index contributed by atoms with van der Waals surface area (Å²) >= 11 is 0. The summed E-state index contributed by atoms with van der Waals surface area (Å²) in [6.07, 6.45) is 5.25. The van der Waals surface area contributed by atoms with Crippen molar-refractivity contribution in [1.82, 2.24) is 0 Å². The van der Waals surface area contributed by atoms with Crippen molar-refractivity contribution in [1.29, 1.82) is 5.26 Å². The number of carbonyl (C=O) groups is 1. The molecule has 0 saturated heterocycles. The predicted molar refractivity (Wildman–Crippen MR) is 80.2 cm³/mol. The highest BCUT2D eigenvalue weighted by atomic mass is 19.1. The highest BCUT2D eigenvalue weighted by Gasteiger charge is 2.41. The van der Waals surface area contributed by atoms with E-state index in [1.54, 1.807) is 17.0 Å². The van der Waals surface area contributed by atoms with Crippen molar-refractivity contribution in [2.45, 2.75) is 45.4 Å². The number of halogens is 1. The van der Waals surface area contributed by atoms with E-state index in [9.17, 15) is 14.4 Å². The number of hydrogen-bond acceptors (Lipinski definition) is 2. The number of benzene rings is 1. The van der Waals surface area contributed by atoms with Crippen molar-refractivity contribution in [3.05, 3.63) is 30.1 Å². The largest absolute Gasteiger partial charge is 0.311 e. The molecule has 1 aromatic rings. The van der Waals surface area contributed by atoms with Crippen LogP contribution in [0.2, 0.25) is 0 Å². The van der Waals surface area contributed by atoms with Gasteiger partial charge in [0.05, 0.1) is 6.07 Å². The number of hydrogen-bond donors (Lipinski definition) is 0. The zero-order valence-corrected chi connectivity index (χ0v) is 12.4.